The first kappa shape index (κ1) is 12.3. The van der Waals surface area contributed by atoms with Crippen LogP contribution in [-0.2, 0) is 0 Å². The smallest absolute Gasteiger partial charge is 0.298 e. The normalized spacial score (nSPS) is 15.6. The lowest BCUT2D eigenvalue weighted by molar-refractivity contribution is 0.280. The number of nitrogens with two attached hydrogens (primary N) is 1. The van der Waals surface area contributed by atoms with Crippen LogP contribution in [0.25, 0.3) is 11.1 Å². The summed E-state index contributed by atoms with van der Waals surface area (Å²) in [4.78, 5) is 6.70. The highest BCUT2D eigenvalue weighted by molar-refractivity contribution is 5.78. The molecule has 1 aliphatic carbocycles. The van der Waals surface area contributed by atoms with E-state index in [1.165, 1.54) is 19.3 Å². The molecule has 0 radical (unpaired) electrons. The first-order valence-electron chi connectivity index (χ1n) is 6.81. The Bertz CT molecular complexity index is 563. The van der Waals surface area contributed by atoms with Crippen LogP contribution in [0.1, 0.15) is 25.7 Å². The van der Waals surface area contributed by atoms with Gasteiger partial charge in [-0.2, -0.15) is 4.98 Å². The minimum atomic E-state index is 0.191. The van der Waals surface area contributed by atoms with E-state index in [4.69, 9.17) is 15.3 Å². The number of benzene rings is 1. The number of oxazole rings is 1. The summed E-state index contributed by atoms with van der Waals surface area (Å²) in [5.41, 5.74) is 8.01. The molecule has 1 fully saturated rings. The second-order valence-corrected chi connectivity index (χ2v) is 5.08. The first-order valence-corrected chi connectivity index (χ1v) is 6.81. The highest BCUT2D eigenvalue weighted by atomic mass is 16.4. The topological polar surface area (TPSA) is 75.5 Å². The van der Waals surface area contributed by atoms with Gasteiger partial charge in [0.25, 0.3) is 6.01 Å². The van der Waals surface area contributed by atoms with Crippen LogP contribution >= 0.6 is 0 Å². The van der Waals surface area contributed by atoms with Crippen LogP contribution in [0.5, 0.6) is 0 Å². The molecule has 1 aliphatic rings. The van der Waals surface area contributed by atoms with Gasteiger partial charge in [0.15, 0.2) is 5.58 Å². The van der Waals surface area contributed by atoms with Crippen molar-refractivity contribution in [3.05, 3.63) is 18.2 Å². The zero-order valence-corrected chi connectivity index (χ0v) is 10.9. The van der Waals surface area contributed by atoms with E-state index in [2.05, 4.69) is 9.88 Å². The summed E-state index contributed by atoms with van der Waals surface area (Å²) in [6.45, 7) is 0.972. The molecule has 0 amide bonds. The summed E-state index contributed by atoms with van der Waals surface area (Å²) in [6.07, 6.45) is 4.34. The Morgan fingerprint density at radius 2 is 2.26 bits per heavy atom. The Kier molecular flexibility index (Phi) is 3.29. The highest BCUT2D eigenvalue weighted by Gasteiger charge is 2.28. The van der Waals surface area contributed by atoms with E-state index < -0.39 is 0 Å². The van der Waals surface area contributed by atoms with Crippen molar-refractivity contribution in [2.45, 2.75) is 31.7 Å². The Balaban J connectivity index is 1.89. The minimum Gasteiger partial charge on any atom is -0.423 e. The van der Waals surface area contributed by atoms with Gasteiger partial charge >= 0.3 is 0 Å². The first-order chi connectivity index (χ1) is 9.28. The summed E-state index contributed by atoms with van der Waals surface area (Å²) in [6, 6.07) is 6.65. The number of nitrogen functional groups attached to an aromatic ring is 1. The molecule has 5 heteroatoms. The van der Waals surface area contributed by atoms with Gasteiger partial charge in [0.1, 0.15) is 5.52 Å². The quantitative estimate of drug-likeness (QED) is 0.807. The van der Waals surface area contributed by atoms with Gasteiger partial charge in [0.05, 0.1) is 0 Å². The molecular weight excluding hydrogens is 242 g/mol. The van der Waals surface area contributed by atoms with Crippen molar-refractivity contribution in [3.63, 3.8) is 0 Å². The Morgan fingerprint density at radius 1 is 1.42 bits per heavy atom. The largest absolute Gasteiger partial charge is 0.423 e. The van der Waals surface area contributed by atoms with Gasteiger partial charge in [0.2, 0.25) is 0 Å². The fraction of sp³-hybridized carbons (Fsp3) is 0.500. The van der Waals surface area contributed by atoms with Crippen LogP contribution in [0.15, 0.2) is 22.6 Å². The molecule has 0 aliphatic heterocycles. The van der Waals surface area contributed by atoms with Crippen molar-refractivity contribution in [2.24, 2.45) is 0 Å². The summed E-state index contributed by atoms with van der Waals surface area (Å²) in [5.74, 6) is 0. The van der Waals surface area contributed by atoms with Crippen LogP contribution in [0.2, 0.25) is 0 Å². The number of rotatable bonds is 5. The number of hydrogen-bond donors (Lipinski definition) is 2. The van der Waals surface area contributed by atoms with Crippen molar-refractivity contribution in [3.8, 4) is 0 Å². The number of fused-ring (bicyclic) bond motifs is 1. The Morgan fingerprint density at radius 3 is 2.95 bits per heavy atom. The van der Waals surface area contributed by atoms with Crippen molar-refractivity contribution in [1.82, 2.24) is 4.98 Å². The molecule has 0 saturated heterocycles. The maximum atomic E-state index is 9.02. The van der Waals surface area contributed by atoms with Gasteiger partial charge in [-0.25, -0.2) is 0 Å². The van der Waals surface area contributed by atoms with E-state index in [9.17, 15) is 0 Å². The number of aliphatic hydroxyl groups excluding tert-OH is 1. The van der Waals surface area contributed by atoms with Gasteiger partial charge in [-0.3, -0.25) is 0 Å². The van der Waals surface area contributed by atoms with E-state index in [1.807, 2.05) is 18.2 Å². The average Bonchev–Trinajstić information content (AvgIpc) is 2.74. The minimum absolute atomic E-state index is 0.191. The van der Waals surface area contributed by atoms with Gasteiger partial charge < -0.3 is 20.2 Å². The summed E-state index contributed by atoms with van der Waals surface area (Å²) in [5, 5.41) is 9.02. The van der Waals surface area contributed by atoms with E-state index in [1.54, 1.807) is 0 Å². The molecule has 0 atom stereocenters. The van der Waals surface area contributed by atoms with Gasteiger partial charge in [-0.05, 0) is 43.9 Å². The second-order valence-electron chi connectivity index (χ2n) is 5.08. The predicted molar refractivity (Wildman–Crippen MR) is 75.1 cm³/mol. The van der Waals surface area contributed by atoms with Crippen LogP contribution in [-0.4, -0.2) is 29.3 Å². The zero-order valence-electron chi connectivity index (χ0n) is 10.9. The third-order valence-corrected chi connectivity index (χ3v) is 3.72. The monoisotopic (exact) mass is 261 g/mol. The third kappa shape index (κ3) is 2.38. The molecule has 0 spiro atoms. The van der Waals surface area contributed by atoms with E-state index in [-0.39, 0.29) is 6.61 Å². The van der Waals surface area contributed by atoms with Crippen molar-refractivity contribution < 1.29 is 9.52 Å². The fourth-order valence-electron chi connectivity index (χ4n) is 2.43. The van der Waals surface area contributed by atoms with Crippen LogP contribution in [0.3, 0.4) is 0 Å². The molecule has 2 aromatic rings. The molecule has 1 aromatic heterocycles. The molecule has 1 heterocycles. The number of aliphatic hydroxyl groups is 1. The number of hydrogen-bond acceptors (Lipinski definition) is 5. The molecule has 3 rings (SSSR count). The fourth-order valence-corrected chi connectivity index (χ4v) is 2.43. The second kappa shape index (κ2) is 5.09. The molecule has 0 unspecified atom stereocenters. The molecule has 5 nitrogen and oxygen atoms in total. The van der Waals surface area contributed by atoms with Crippen molar-refractivity contribution in [1.29, 1.82) is 0 Å². The molecule has 3 N–H and O–H groups in total. The highest BCUT2D eigenvalue weighted by Crippen LogP contribution is 2.31. The zero-order chi connectivity index (χ0) is 13.2. The third-order valence-electron chi connectivity index (χ3n) is 3.72. The average molecular weight is 261 g/mol. The molecular formula is C14H19N3O2. The summed E-state index contributed by atoms with van der Waals surface area (Å²) < 4.78 is 5.82. The lowest BCUT2D eigenvalue weighted by Gasteiger charge is -2.36. The van der Waals surface area contributed by atoms with Gasteiger partial charge in [-0.1, -0.05) is 0 Å². The number of anilines is 2. The Hall–Kier alpha value is -1.75. The van der Waals surface area contributed by atoms with E-state index in [0.717, 1.165) is 24.1 Å². The Labute approximate surface area is 112 Å². The molecule has 1 aromatic carbocycles. The summed E-state index contributed by atoms with van der Waals surface area (Å²) in [7, 11) is 0. The number of nitrogens with zero attached hydrogens (tertiary/aromatic N) is 2. The standard InChI is InChI=1S/C14H19N3O2/c15-10-5-6-13-12(9-10)16-14(19-13)17(7-2-8-18)11-3-1-4-11/h5-6,9,11,18H,1-4,7-8,15H2. The SMILES string of the molecule is Nc1ccc2oc(N(CCCO)C3CCC3)nc2c1. The van der Waals surface area contributed by atoms with Gasteiger partial charge in [-0.15, -0.1) is 0 Å². The molecule has 19 heavy (non-hydrogen) atoms. The number of aromatic nitrogens is 1. The maximum Gasteiger partial charge on any atom is 0.298 e. The van der Waals surface area contributed by atoms with Gasteiger partial charge in [0, 0.05) is 24.9 Å². The van der Waals surface area contributed by atoms with Crippen LogP contribution in [0.4, 0.5) is 11.7 Å². The van der Waals surface area contributed by atoms with Crippen LogP contribution in [0, 0.1) is 0 Å². The van der Waals surface area contributed by atoms with Crippen molar-refractivity contribution in [2.75, 3.05) is 23.8 Å². The lowest BCUT2D eigenvalue weighted by atomic mass is 9.91. The molecule has 1 saturated carbocycles. The molecule has 0 bridgehead atoms. The lowest BCUT2D eigenvalue weighted by Crippen LogP contribution is -2.41. The predicted octanol–water partition coefficient (Wildman–Crippen LogP) is 2.15. The summed E-state index contributed by atoms with van der Waals surface area (Å²) >= 11 is 0. The molecule has 102 valence electrons. The van der Waals surface area contributed by atoms with E-state index in [0.29, 0.717) is 17.7 Å². The maximum absolute atomic E-state index is 9.02. The van der Waals surface area contributed by atoms with Crippen LogP contribution < -0.4 is 10.6 Å². The van der Waals surface area contributed by atoms with E-state index >= 15 is 0 Å². The van der Waals surface area contributed by atoms with Crippen molar-refractivity contribution >= 4 is 22.8 Å².